The van der Waals surface area contributed by atoms with Crippen LogP contribution in [0.4, 0.5) is 87.8 Å². The summed E-state index contributed by atoms with van der Waals surface area (Å²) in [6.45, 7) is 11.9. The van der Waals surface area contributed by atoms with Gasteiger partial charge in [0.15, 0.2) is 34.9 Å². The molecule has 0 aliphatic heterocycles. The van der Waals surface area contributed by atoms with Gasteiger partial charge in [-0.05, 0) is 139 Å². The summed E-state index contributed by atoms with van der Waals surface area (Å²) in [5.74, 6) is -16.6. The van der Waals surface area contributed by atoms with E-state index in [4.69, 9.17) is 0 Å². The summed E-state index contributed by atoms with van der Waals surface area (Å²) in [6, 6.07) is 27.4. The second kappa shape index (κ2) is 32.1. The van der Waals surface area contributed by atoms with Crippen LogP contribution < -0.4 is 0 Å². The molecule has 8 rings (SSSR count). The Morgan fingerprint density at radius 1 is 0.247 bits per heavy atom. The van der Waals surface area contributed by atoms with Crippen molar-refractivity contribution in [1.29, 1.82) is 0 Å². The van der Waals surface area contributed by atoms with Gasteiger partial charge in [0.05, 0.1) is 5.56 Å². The van der Waals surface area contributed by atoms with Gasteiger partial charge in [-0.2, -0.15) is 13.2 Å². The van der Waals surface area contributed by atoms with E-state index in [0.29, 0.717) is 28.8 Å². The molecule has 77 heavy (non-hydrogen) atoms. The van der Waals surface area contributed by atoms with Crippen LogP contribution >= 0.6 is 0 Å². The predicted molar refractivity (Wildman–Crippen MR) is 254 cm³/mol. The first-order valence-corrected chi connectivity index (χ1v) is 21.8. The molecule has 0 heterocycles. The van der Waals surface area contributed by atoms with Gasteiger partial charge in [0.2, 0.25) is 5.82 Å². The molecular formula is C57H46F20. The number of alkyl halides is 3. The lowest BCUT2D eigenvalue weighted by Gasteiger charge is -2.05. The van der Waals surface area contributed by atoms with E-state index in [1.165, 1.54) is 75.4 Å². The molecule has 0 bridgehead atoms. The normalized spacial score (nSPS) is 10.1. The van der Waals surface area contributed by atoms with Crippen LogP contribution in [0.2, 0.25) is 0 Å². The summed E-state index contributed by atoms with van der Waals surface area (Å²) in [5.41, 5.74) is 1.73. The highest BCUT2D eigenvalue weighted by molar-refractivity contribution is 5.25. The van der Waals surface area contributed by atoms with Crippen LogP contribution in [-0.2, 0) is 6.18 Å². The number of hydrogen-bond acceptors (Lipinski definition) is 0. The van der Waals surface area contributed by atoms with E-state index < -0.39 is 105 Å². The zero-order chi connectivity index (χ0) is 59.1. The Hall–Kier alpha value is -7.64. The minimum Gasteiger partial charge on any atom is -0.207 e. The molecule has 0 aliphatic carbocycles. The maximum absolute atomic E-state index is 12.4. The van der Waals surface area contributed by atoms with Crippen molar-refractivity contribution in [3.05, 3.63) is 282 Å². The van der Waals surface area contributed by atoms with E-state index in [1.54, 1.807) is 39.0 Å². The lowest BCUT2D eigenvalue weighted by molar-refractivity contribution is -0.137. The van der Waals surface area contributed by atoms with Crippen LogP contribution in [-0.4, -0.2) is 0 Å². The maximum Gasteiger partial charge on any atom is 0.416 e. The van der Waals surface area contributed by atoms with Crippen molar-refractivity contribution >= 4 is 0 Å². The average Bonchev–Trinajstić information content (AvgIpc) is 3.36. The average molecular weight is 1110 g/mol. The topological polar surface area (TPSA) is 0 Å². The van der Waals surface area contributed by atoms with Gasteiger partial charge in [0, 0.05) is 34.9 Å². The lowest BCUT2D eigenvalue weighted by atomic mass is 10.1. The fourth-order valence-electron chi connectivity index (χ4n) is 5.04. The summed E-state index contributed by atoms with van der Waals surface area (Å²) in [7, 11) is 0. The van der Waals surface area contributed by atoms with Crippen molar-refractivity contribution in [2.24, 2.45) is 0 Å². The molecule has 0 saturated heterocycles. The number of aryl methyl sites for hydroxylation is 5. The molecule has 8 aromatic rings. The zero-order valence-corrected chi connectivity index (χ0v) is 41.8. The first-order chi connectivity index (χ1) is 35.7. The zero-order valence-electron chi connectivity index (χ0n) is 41.8. The van der Waals surface area contributed by atoms with E-state index in [9.17, 15) is 87.8 Å². The van der Waals surface area contributed by atoms with Crippen LogP contribution in [0.3, 0.4) is 0 Å². The monoisotopic (exact) mass is 1110 g/mol. The number of halogens is 20. The molecule has 0 saturated carbocycles. The minimum absolute atomic E-state index is 0.0810. The third kappa shape index (κ3) is 24.3. The third-order valence-electron chi connectivity index (χ3n) is 9.56. The molecule has 0 N–H and O–H groups in total. The van der Waals surface area contributed by atoms with Crippen molar-refractivity contribution in [3.8, 4) is 0 Å². The van der Waals surface area contributed by atoms with Crippen molar-refractivity contribution in [2.75, 3.05) is 0 Å². The highest BCUT2D eigenvalue weighted by Crippen LogP contribution is 2.29. The molecule has 0 radical (unpaired) electrons. The minimum atomic E-state index is -4.22. The second-order valence-corrected chi connectivity index (χ2v) is 15.9. The van der Waals surface area contributed by atoms with E-state index in [0.717, 1.165) is 66.6 Å². The Labute approximate surface area is 430 Å². The molecule has 0 fully saturated rings. The quantitative estimate of drug-likeness (QED) is 0.0806. The lowest BCUT2D eigenvalue weighted by Crippen LogP contribution is -2.04. The van der Waals surface area contributed by atoms with E-state index in [2.05, 4.69) is 0 Å². The molecule has 0 aliphatic rings. The molecule has 0 spiro atoms. The van der Waals surface area contributed by atoms with Crippen molar-refractivity contribution < 1.29 is 87.8 Å². The van der Waals surface area contributed by atoms with Crippen LogP contribution in [0.15, 0.2) is 133 Å². The van der Waals surface area contributed by atoms with Crippen LogP contribution in [0.5, 0.6) is 0 Å². The fraction of sp³-hybridized carbons (Fsp3) is 0.158. The predicted octanol–water partition coefficient (Wildman–Crippen LogP) is 19.3. The maximum atomic E-state index is 12.4. The number of hydrogen-bond donors (Lipinski definition) is 0. The summed E-state index contributed by atoms with van der Waals surface area (Å²) < 4.78 is 244. The first-order valence-electron chi connectivity index (χ1n) is 21.8. The Morgan fingerprint density at radius 3 is 1.04 bits per heavy atom. The number of rotatable bonds is 0. The van der Waals surface area contributed by atoms with Crippen LogP contribution in [0, 0.1) is 154 Å². The molecule has 414 valence electrons. The molecule has 0 aromatic heterocycles. The van der Waals surface area contributed by atoms with Gasteiger partial charge < -0.3 is 0 Å². The first kappa shape index (κ1) is 67.4. The van der Waals surface area contributed by atoms with Gasteiger partial charge in [0.25, 0.3) is 0 Å². The van der Waals surface area contributed by atoms with Gasteiger partial charge >= 0.3 is 6.18 Å². The standard InChI is InChI=1S/C8H7F3.C7H3F5.C7H5F3.4C7H6F2.C7H7F/c1-6-3-2-4-7(5-6)8(9,10)11;1-2-3(8)5(10)7(12)6(11)4(2)9;1-4-6(9)2-5(8)3-7(4)10;1-5-4-6(8)2-3-7(5)9;1-5-2-3-6(8)4-7(5)9;1-5-2-3-6(8)7(9)4-5;1-5-6(8)3-2-4-7(5)9;1-6-2-4-7(8)5-3-6/h2-5H,1H3;1H3;2-3H,1H3;4*2-4H,1H3;2-5H,1H3. The van der Waals surface area contributed by atoms with E-state index in [-0.39, 0.29) is 22.8 Å². The highest BCUT2D eigenvalue weighted by atomic mass is 19.4. The molecule has 0 nitrogen and oxygen atoms in total. The summed E-state index contributed by atoms with van der Waals surface area (Å²) in [5, 5.41) is 0. The van der Waals surface area contributed by atoms with Crippen molar-refractivity contribution in [1.82, 2.24) is 0 Å². The molecule has 20 heteroatoms. The Balaban J connectivity index is 0.000000441. The van der Waals surface area contributed by atoms with Crippen LogP contribution in [0.1, 0.15) is 50.1 Å². The Bertz CT molecular complexity index is 2840. The Morgan fingerprint density at radius 2 is 0.649 bits per heavy atom. The van der Waals surface area contributed by atoms with Gasteiger partial charge in [-0.3, -0.25) is 0 Å². The molecule has 0 atom stereocenters. The van der Waals surface area contributed by atoms with Gasteiger partial charge in [0.1, 0.15) is 58.2 Å². The smallest absolute Gasteiger partial charge is 0.207 e. The third-order valence-corrected chi connectivity index (χ3v) is 9.56. The largest absolute Gasteiger partial charge is 0.416 e. The van der Waals surface area contributed by atoms with Crippen LogP contribution in [0.25, 0.3) is 0 Å². The van der Waals surface area contributed by atoms with E-state index in [1.807, 2.05) is 6.92 Å². The van der Waals surface area contributed by atoms with Gasteiger partial charge in [-0.25, -0.2) is 74.6 Å². The summed E-state index contributed by atoms with van der Waals surface area (Å²) in [6.07, 6.45) is -4.22. The van der Waals surface area contributed by atoms with Gasteiger partial charge in [-0.15, -0.1) is 0 Å². The molecule has 8 aromatic carbocycles. The summed E-state index contributed by atoms with van der Waals surface area (Å²) >= 11 is 0. The molecular weight excluding hydrogens is 1060 g/mol. The highest BCUT2D eigenvalue weighted by Gasteiger charge is 2.30. The Kier molecular flexibility index (Phi) is 28.1. The van der Waals surface area contributed by atoms with Crippen molar-refractivity contribution in [2.45, 2.75) is 61.6 Å². The SMILES string of the molecule is Cc1c(F)c(F)c(F)c(F)c1F.Cc1c(F)cc(F)cc1F.Cc1c(F)cccc1F.Cc1cc(F)ccc1F.Cc1ccc(F)c(F)c1.Cc1ccc(F)cc1.Cc1ccc(F)cc1F.Cc1cccc(C(F)(F)F)c1. The molecule has 0 amide bonds. The molecule has 0 unspecified atom stereocenters. The number of benzene rings is 8. The summed E-state index contributed by atoms with van der Waals surface area (Å²) in [4.78, 5) is 0. The van der Waals surface area contributed by atoms with Crippen molar-refractivity contribution in [3.63, 3.8) is 0 Å². The van der Waals surface area contributed by atoms with E-state index >= 15 is 0 Å². The van der Waals surface area contributed by atoms with Gasteiger partial charge in [-0.1, -0.05) is 59.7 Å². The second-order valence-electron chi connectivity index (χ2n) is 15.9. The fourth-order valence-corrected chi connectivity index (χ4v) is 5.04.